The van der Waals surface area contributed by atoms with Gasteiger partial charge in [-0.2, -0.15) is 0 Å². The Morgan fingerprint density at radius 1 is 1.24 bits per heavy atom. The van der Waals surface area contributed by atoms with Gasteiger partial charge >= 0.3 is 0 Å². The van der Waals surface area contributed by atoms with Crippen molar-refractivity contribution in [2.45, 2.75) is 71.1 Å². The second-order valence-electron chi connectivity index (χ2n) is 8.61. The lowest BCUT2D eigenvalue weighted by Crippen LogP contribution is -2.40. The third-order valence-electron chi connectivity index (χ3n) is 7.44. The lowest BCUT2D eigenvalue weighted by atomic mass is 9.55. The Labute approximate surface area is 151 Å². The molecule has 0 amide bonds. The van der Waals surface area contributed by atoms with Gasteiger partial charge in [0.15, 0.2) is 0 Å². The number of halogens is 1. The van der Waals surface area contributed by atoms with Gasteiger partial charge in [0.25, 0.3) is 0 Å². The highest BCUT2D eigenvalue weighted by molar-refractivity contribution is 5.41. The largest absolute Gasteiger partial charge is 0.494 e. The smallest absolute Gasteiger partial charge is 0.119 e. The van der Waals surface area contributed by atoms with Crippen molar-refractivity contribution < 1.29 is 9.13 Å². The molecule has 4 atom stereocenters. The van der Waals surface area contributed by atoms with Crippen molar-refractivity contribution in [2.24, 2.45) is 17.3 Å². The highest BCUT2D eigenvalue weighted by Crippen LogP contribution is 2.62. The van der Waals surface area contributed by atoms with Crippen LogP contribution in [0.1, 0.15) is 75.8 Å². The molecule has 0 spiro atoms. The molecule has 1 aromatic carbocycles. The number of benzene rings is 1. The van der Waals surface area contributed by atoms with Crippen LogP contribution in [0.5, 0.6) is 5.75 Å². The average molecular weight is 342 g/mol. The molecule has 2 fully saturated rings. The van der Waals surface area contributed by atoms with Crippen molar-refractivity contribution in [3.63, 3.8) is 0 Å². The lowest BCUT2D eigenvalue weighted by molar-refractivity contribution is 0.0806. The maximum Gasteiger partial charge on any atom is 0.119 e. The number of hydrogen-bond acceptors (Lipinski definition) is 1. The summed E-state index contributed by atoms with van der Waals surface area (Å²) in [6.45, 7) is 5.34. The first-order valence-corrected chi connectivity index (χ1v) is 10.2. The predicted molar refractivity (Wildman–Crippen MR) is 101 cm³/mol. The van der Waals surface area contributed by atoms with Crippen LogP contribution in [0.25, 0.3) is 0 Å². The first-order chi connectivity index (χ1) is 12.2. The van der Waals surface area contributed by atoms with Crippen LogP contribution >= 0.6 is 0 Å². The third-order valence-corrected chi connectivity index (χ3v) is 7.44. The van der Waals surface area contributed by atoms with E-state index in [1.165, 1.54) is 31.2 Å². The summed E-state index contributed by atoms with van der Waals surface area (Å²) >= 11 is 0. The fraction of sp³-hybridized carbons (Fsp3) is 0.652. The fourth-order valence-electron chi connectivity index (χ4n) is 6.01. The van der Waals surface area contributed by atoms with E-state index in [-0.39, 0.29) is 5.41 Å². The minimum atomic E-state index is 0.122. The van der Waals surface area contributed by atoms with Crippen molar-refractivity contribution in [3.8, 4) is 5.75 Å². The number of allylic oxidation sites excluding steroid dienone is 1. The first-order valence-electron chi connectivity index (χ1n) is 10.2. The molecule has 0 heterocycles. The lowest BCUT2D eigenvalue weighted by Gasteiger charge is -2.49. The van der Waals surface area contributed by atoms with Crippen LogP contribution in [0.2, 0.25) is 0 Å². The van der Waals surface area contributed by atoms with E-state index in [1.807, 2.05) is 0 Å². The van der Waals surface area contributed by atoms with Crippen LogP contribution in [0.3, 0.4) is 0 Å². The molecule has 0 bridgehead atoms. The van der Waals surface area contributed by atoms with Gasteiger partial charge in [-0.15, -0.1) is 0 Å². The van der Waals surface area contributed by atoms with E-state index in [2.05, 4.69) is 32.0 Å². The molecule has 136 valence electrons. The topological polar surface area (TPSA) is 9.23 Å². The molecule has 1 nitrogen and oxygen atoms in total. The van der Waals surface area contributed by atoms with E-state index < -0.39 is 0 Å². The molecule has 3 aliphatic carbocycles. The van der Waals surface area contributed by atoms with Gasteiger partial charge in [-0.05, 0) is 96.9 Å². The Kier molecular flexibility index (Phi) is 4.64. The van der Waals surface area contributed by atoms with Gasteiger partial charge in [-0.1, -0.05) is 26.3 Å². The van der Waals surface area contributed by atoms with Gasteiger partial charge in [0.2, 0.25) is 0 Å². The monoisotopic (exact) mass is 342 g/mol. The summed E-state index contributed by atoms with van der Waals surface area (Å²) < 4.78 is 19.3. The van der Waals surface area contributed by atoms with Gasteiger partial charge < -0.3 is 4.74 Å². The number of ether oxygens (including phenoxy) is 1. The molecule has 2 heteroatoms. The average Bonchev–Trinajstić information content (AvgIpc) is 2.98. The molecule has 25 heavy (non-hydrogen) atoms. The zero-order valence-corrected chi connectivity index (χ0v) is 15.7. The molecule has 0 aliphatic heterocycles. The number of aryl methyl sites for hydroxylation is 1. The van der Waals surface area contributed by atoms with E-state index in [9.17, 15) is 4.39 Å². The zero-order chi connectivity index (χ0) is 17.4. The predicted octanol–water partition coefficient (Wildman–Crippen LogP) is 6.58. The highest BCUT2D eigenvalue weighted by Gasteiger charge is 2.52. The molecule has 4 rings (SSSR count). The first kappa shape index (κ1) is 17.1. The number of fused-ring (bicyclic) bond motifs is 5. The number of unbranched alkanes of at least 4 members (excludes halogenated alkanes) is 1. The summed E-state index contributed by atoms with van der Waals surface area (Å²) in [6.07, 6.45) is 10.1. The fourth-order valence-corrected chi connectivity index (χ4v) is 6.01. The third kappa shape index (κ3) is 2.82. The van der Waals surface area contributed by atoms with E-state index in [4.69, 9.17) is 4.74 Å². The van der Waals surface area contributed by atoms with E-state index in [1.54, 1.807) is 5.56 Å². The highest BCUT2D eigenvalue weighted by atomic mass is 19.1. The van der Waals surface area contributed by atoms with Crippen LogP contribution in [0.4, 0.5) is 4.39 Å². The van der Waals surface area contributed by atoms with Crippen LogP contribution in [-0.2, 0) is 6.42 Å². The summed E-state index contributed by atoms with van der Waals surface area (Å²) in [5, 5.41) is 0. The van der Waals surface area contributed by atoms with Crippen molar-refractivity contribution >= 4 is 0 Å². The SMILES string of the molecule is CCCCOc1ccc2c(c1)CC[C@@H]1[C@@H]2CC[C@]2(C)C(=CF)CC[C@@H]12. The summed E-state index contributed by atoms with van der Waals surface area (Å²) in [5.41, 5.74) is 4.26. The maximum absolute atomic E-state index is 13.4. The van der Waals surface area contributed by atoms with Crippen molar-refractivity contribution in [1.29, 1.82) is 0 Å². The summed E-state index contributed by atoms with van der Waals surface area (Å²) in [5.74, 6) is 3.11. The standard InChI is InChI=1S/C23H31FO/c1-3-4-13-25-18-7-9-19-16(14-18)5-8-21-20(19)11-12-23(2)17(15-24)6-10-22(21)23/h7,9,14-15,20-22H,3-6,8,10-13H2,1-2H3/t20-,21-,22+,23-/m1/s1. The quantitative estimate of drug-likeness (QED) is 0.562. The Balaban J connectivity index is 1.56. The maximum atomic E-state index is 13.4. The molecule has 3 aliphatic rings. The van der Waals surface area contributed by atoms with Crippen LogP contribution in [-0.4, -0.2) is 6.61 Å². The number of hydrogen-bond donors (Lipinski definition) is 0. The molecule has 0 unspecified atom stereocenters. The second kappa shape index (κ2) is 6.78. The van der Waals surface area contributed by atoms with Crippen LogP contribution in [0, 0.1) is 17.3 Å². The molecular weight excluding hydrogens is 311 g/mol. The van der Waals surface area contributed by atoms with Crippen molar-refractivity contribution in [2.75, 3.05) is 6.61 Å². The van der Waals surface area contributed by atoms with E-state index >= 15 is 0 Å². The van der Waals surface area contributed by atoms with E-state index in [0.717, 1.165) is 55.9 Å². The minimum absolute atomic E-state index is 0.122. The molecule has 0 radical (unpaired) electrons. The molecule has 2 saturated carbocycles. The van der Waals surface area contributed by atoms with Crippen LogP contribution in [0.15, 0.2) is 30.1 Å². The van der Waals surface area contributed by atoms with Gasteiger partial charge in [0, 0.05) is 0 Å². The zero-order valence-electron chi connectivity index (χ0n) is 15.7. The normalized spacial score (nSPS) is 35.2. The Morgan fingerprint density at radius 3 is 2.92 bits per heavy atom. The summed E-state index contributed by atoms with van der Waals surface area (Å²) in [6, 6.07) is 6.79. The Hall–Kier alpha value is -1.31. The summed E-state index contributed by atoms with van der Waals surface area (Å²) in [7, 11) is 0. The molecule has 0 saturated heterocycles. The molecular formula is C23H31FO. The van der Waals surface area contributed by atoms with Gasteiger partial charge in [0.05, 0.1) is 12.9 Å². The number of rotatable bonds is 4. The van der Waals surface area contributed by atoms with Gasteiger partial charge in [-0.25, -0.2) is 4.39 Å². The molecule has 0 aromatic heterocycles. The van der Waals surface area contributed by atoms with Crippen molar-refractivity contribution in [1.82, 2.24) is 0 Å². The van der Waals surface area contributed by atoms with Crippen LogP contribution < -0.4 is 4.74 Å². The summed E-state index contributed by atoms with van der Waals surface area (Å²) in [4.78, 5) is 0. The minimum Gasteiger partial charge on any atom is -0.494 e. The Bertz CT molecular complexity index is 664. The molecule has 0 N–H and O–H groups in total. The Morgan fingerprint density at radius 2 is 2.12 bits per heavy atom. The van der Waals surface area contributed by atoms with E-state index in [0.29, 0.717) is 11.8 Å². The van der Waals surface area contributed by atoms with Gasteiger partial charge in [-0.3, -0.25) is 0 Å². The molecule has 1 aromatic rings. The van der Waals surface area contributed by atoms with Gasteiger partial charge in [0.1, 0.15) is 5.75 Å². The second-order valence-corrected chi connectivity index (χ2v) is 8.61. The van der Waals surface area contributed by atoms with Crippen molar-refractivity contribution in [3.05, 3.63) is 41.2 Å².